The monoisotopic (exact) mass is 383 g/mol. The maximum absolute atomic E-state index is 12.6. The van der Waals surface area contributed by atoms with E-state index in [1.165, 1.54) is 6.07 Å². The quantitative estimate of drug-likeness (QED) is 0.624. The molecule has 0 aliphatic rings. The fraction of sp³-hybridized carbons (Fsp3) is 0.143. The highest BCUT2D eigenvalue weighted by Crippen LogP contribution is 2.26. The summed E-state index contributed by atoms with van der Waals surface area (Å²) in [7, 11) is -3.69. The Kier molecular flexibility index (Phi) is 5.66. The van der Waals surface area contributed by atoms with Gasteiger partial charge in [0, 0.05) is 5.69 Å². The molecule has 140 valence electrons. The first-order chi connectivity index (χ1) is 13.0. The average Bonchev–Trinajstić information content (AvgIpc) is 2.66. The fourth-order valence-electron chi connectivity index (χ4n) is 2.54. The van der Waals surface area contributed by atoms with E-state index in [0.717, 1.165) is 11.3 Å². The molecular weight excluding hydrogens is 362 g/mol. The predicted octanol–water partition coefficient (Wildman–Crippen LogP) is 4.99. The van der Waals surface area contributed by atoms with Crippen molar-refractivity contribution in [2.24, 2.45) is 0 Å². The average molecular weight is 383 g/mol. The van der Waals surface area contributed by atoms with Crippen molar-refractivity contribution in [3.8, 4) is 17.2 Å². The van der Waals surface area contributed by atoms with Crippen LogP contribution < -0.4 is 14.2 Å². The van der Waals surface area contributed by atoms with Crippen LogP contribution in [0.15, 0.2) is 77.7 Å². The van der Waals surface area contributed by atoms with E-state index in [9.17, 15) is 8.42 Å². The zero-order valence-corrected chi connectivity index (χ0v) is 16.0. The van der Waals surface area contributed by atoms with Crippen molar-refractivity contribution in [2.45, 2.75) is 18.7 Å². The van der Waals surface area contributed by atoms with Crippen LogP contribution in [-0.2, 0) is 10.0 Å². The van der Waals surface area contributed by atoms with Crippen LogP contribution in [0, 0.1) is 6.92 Å². The van der Waals surface area contributed by atoms with Crippen LogP contribution in [0.4, 0.5) is 5.69 Å². The number of benzene rings is 3. The minimum Gasteiger partial charge on any atom is -0.494 e. The zero-order chi connectivity index (χ0) is 19.3. The first-order valence-corrected chi connectivity index (χ1v) is 10.1. The van der Waals surface area contributed by atoms with Crippen LogP contribution in [0.25, 0.3) is 0 Å². The lowest BCUT2D eigenvalue weighted by molar-refractivity contribution is 0.337. The number of hydrogen-bond donors (Lipinski definition) is 1. The van der Waals surface area contributed by atoms with Crippen molar-refractivity contribution in [3.63, 3.8) is 0 Å². The minimum absolute atomic E-state index is 0.188. The second-order valence-electron chi connectivity index (χ2n) is 5.91. The largest absolute Gasteiger partial charge is 0.494 e. The maximum atomic E-state index is 12.6. The Labute approximate surface area is 159 Å². The SMILES string of the molecule is CCOc1ccc(S(=O)(=O)Nc2ccc(Oc3ccccc3)cc2)cc1C. The molecule has 3 aromatic carbocycles. The standard InChI is InChI=1S/C21H21NO4S/c1-3-25-21-14-13-20(15-16(21)2)27(23,24)22-17-9-11-19(12-10-17)26-18-7-5-4-6-8-18/h4-15,22H,3H2,1-2H3. The third kappa shape index (κ3) is 4.80. The lowest BCUT2D eigenvalue weighted by Crippen LogP contribution is -2.13. The lowest BCUT2D eigenvalue weighted by Gasteiger charge is -2.12. The van der Waals surface area contributed by atoms with E-state index in [1.807, 2.05) is 44.2 Å². The topological polar surface area (TPSA) is 64.6 Å². The number of para-hydroxylation sites is 1. The van der Waals surface area contributed by atoms with Crippen LogP contribution in [-0.4, -0.2) is 15.0 Å². The third-order valence-corrected chi connectivity index (χ3v) is 5.22. The molecule has 0 radical (unpaired) electrons. The second kappa shape index (κ2) is 8.14. The van der Waals surface area contributed by atoms with Crippen molar-refractivity contribution in [1.29, 1.82) is 0 Å². The molecule has 0 spiro atoms. The molecule has 0 heterocycles. The molecule has 0 saturated carbocycles. The van der Waals surface area contributed by atoms with Gasteiger partial charge in [-0.3, -0.25) is 4.72 Å². The third-order valence-electron chi connectivity index (χ3n) is 3.84. The minimum atomic E-state index is -3.69. The van der Waals surface area contributed by atoms with Crippen LogP contribution >= 0.6 is 0 Å². The Morgan fingerprint density at radius 3 is 2.19 bits per heavy atom. The Morgan fingerprint density at radius 2 is 1.56 bits per heavy atom. The molecule has 3 rings (SSSR count). The maximum Gasteiger partial charge on any atom is 0.261 e. The van der Waals surface area contributed by atoms with E-state index in [1.54, 1.807) is 36.4 Å². The van der Waals surface area contributed by atoms with E-state index in [-0.39, 0.29) is 4.90 Å². The lowest BCUT2D eigenvalue weighted by atomic mass is 10.2. The van der Waals surface area contributed by atoms with E-state index in [0.29, 0.717) is 23.8 Å². The summed E-state index contributed by atoms with van der Waals surface area (Å²) in [5.74, 6) is 2.02. The molecule has 5 nitrogen and oxygen atoms in total. The van der Waals surface area contributed by atoms with Gasteiger partial charge in [-0.25, -0.2) is 8.42 Å². The van der Waals surface area contributed by atoms with Gasteiger partial charge >= 0.3 is 0 Å². The van der Waals surface area contributed by atoms with E-state index in [2.05, 4.69) is 4.72 Å². The summed E-state index contributed by atoms with van der Waals surface area (Å²) in [5, 5.41) is 0. The van der Waals surface area contributed by atoms with Gasteiger partial charge in [0.15, 0.2) is 0 Å². The first-order valence-electron chi connectivity index (χ1n) is 8.57. The van der Waals surface area contributed by atoms with Gasteiger partial charge in [-0.15, -0.1) is 0 Å². The van der Waals surface area contributed by atoms with E-state index < -0.39 is 10.0 Å². The molecule has 6 heteroatoms. The van der Waals surface area contributed by atoms with Gasteiger partial charge in [0.05, 0.1) is 11.5 Å². The van der Waals surface area contributed by atoms with Gasteiger partial charge in [-0.05, 0) is 74.0 Å². The molecule has 0 fully saturated rings. The Bertz CT molecular complexity index is 1000. The van der Waals surface area contributed by atoms with E-state index >= 15 is 0 Å². The summed E-state index contributed by atoms with van der Waals surface area (Å²) in [6, 6.07) is 20.9. The van der Waals surface area contributed by atoms with Crippen LogP contribution in [0.3, 0.4) is 0 Å². The van der Waals surface area contributed by atoms with Crippen molar-refractivity contribution in [3.05, 3.63) is 78.4 Å². The normalized spacial score (nSPS) is 11.0. The Hall–Kier alpha value is -2.99. The summed E-state index contributed by atoms with van der Waals surface area (Å²) in [6.45, 7) is 4.24. The molecule has 3 aromatic rings. The van der Waals surface area contributed by atoms with Gasteiger partial charge in [0.2, 0.25) is 0 Å². The smallest absolute Gasteiger partial charge is 0.261 e. The number of rotatable bonds is 7. The van der Waals surface area contributed by atoms with Gasteiger partial charge in [0.1, 0.15) is 17.2 Å². The zero-order valence-electron chi connectivity index (χ0n) is 15.2. The van der Waals surface area contributed by atoms with Crippen molar-refractivity contribution >= 4 is 15.7 Å². The Balaban J connectivity index is 1.73. The molecular formula is C21H21NO4S. The summed E-state index contributed by atoms with van der Waals surface area (Å²) in [4.78, 5) is 0.188. The van der Waals surface area contributed by atoms with Crippen LogP contribution in [0.2, 0.25) is 0 Å². The predicted molar refractivity (Wildman–Crippen MR) is 106 cm³/mol. The van der Waals surface area contributed by atoms with Crippen molar-refractivity contribution in [2.75, 3.05) is 11.3 Å². The molecule has 0 bridgehead atoms. The number of sulfonamides is 1. The van der Waals surface area contributed by atoms with E-state index in [4.69, 9.17) is 9.47 Å². The number of aryl methyl sites for hydroxylation is 1. The molecule has 0 aliphatic heterocycles. The van der Waals surface area contributed by atoms with Gasteiger partial charge in [-0.1, -0.05) is 18.2 Å². The number of ether oxygens (including phenoxy) is 2. The summed E-state index contributed by atoms with van der Waals surface area (Å²) < 4.78 is 39.0. The molecule has 0 atom stereocenters. The molecule has 0 unspecified atom stereocenters. The van der Waals surface area contributed by atoms with Gasteiger partial charge in [0.25, 0.3) is 10.0 Å². The second-order valence-corrected chi connectivity index (χ2v) is 7.59. The molecule has 1 N–H and O–H groups in total. The van der Waals surface area contributed by atoms with Gasteiger partial charge in [-0.2, -0.15) is 0 Å². The van der Waals surface area contributed by atoms with Crippen molar-refractivity contribution < 1.29 is 17.9 Å². The highest BCUT2D eigenvalue weighted by atomic mass is 32.2. The molecule has 0 aromatic heterocycles. The summed E-state index contributed by atoms with van der Waals surface area (Å²) in [6.07, 6.45) is 0. The highest BCUT2D eigenvalue weighted by Gasteiger charge is 2.16. The number of nitrogens with one attached hydrogen (secondary N) is 1. The summed E-state index contributed by atoms with van der Waals surface area (Å²) >= 11 is 0. The molecule has 0 aliphatic carbocycles. The first kappa shape index (κ1) is 18.8. The van der Waals surface area contributed by atoms with Gasteiger partial charge < -0.3 is 9.47 Å². The molecule has 27 heavy (non-hydrogen) atoms. The Morgan fingerprint density at radius 1 is 0.889 bits per heavy atom. The number of hydrogen-bond acceptors (Lipinski definition) is 4. The fourth-order valence-corrected chi connectivity index (χ4v) is 3.68. The van der Waals surface area contributed by atoms with Crippen molar-refractivity contribution in [1.82, 2.24) is 0 Å². The number of anilines is 1. The van der Waals surface area contributed by atoms with Crippen LogP contribution in [0.5, 0.6) is 17.2 Å². The summed E-state index contributed by atoms with van der Waals surface area (Å²) in [5.41, 5.74) is 1.23. The van der Waals surface area contributed by atoms with Crippen LogP contribution in [0.1, 0.15) is 12.5 Å². The molecule has 0 amide bonds. The highest BCUT2D eigenvalue weighted by molar-refractivity contribution is 7.92. The molecule has 0 saturated heterocycles.